The molecule has 0 bridgehead atoms. The van der Waals surface area contributed by atoms with Crippen LogP contribution in [0.4, 0.5) is 5.69 Å². The van der Waals surface area contributed by atoms with Crippen molar-refractivity contribution in [3.8, 4) is 12.3 Å². The average molecular weight is 390 g/mol. The lowest BCUT2D eigenvalue weighted by atomic mass is 9.93. The smallest absolute Gasteiger partial charge is 0.191 e. The summed E-state index contributed by atoms with van der Waals surface area (Å²) >= 11 is 0. The highest BCUT2D eigenvalue weighted by Crippen LogP contribution is 2.21. The van der Waals surface area contributed by atoms with E-state index in [-0.39, 0.29) is 11.4 Å². The quantitative estimate of drug-likeness (QED) is 0.290. The monoisotopic (exact) mass is 390 g/mol. The minimum Gasteiger partial charge on any atom is -0.392 e. The number of azo groups is 1. The minimum atomic E-state index is -1.68. The van der Waals surface area contributed by atoms with E-state index in [1.807, 2.05) is 24.3 Å². The molecule has 29 heavy (non-hydrogen) atoms. The van der Waals surface area contributed by atoms with E-state index < -0.39 is 18.2 Å². The summed E-state index contributed by atoms with van der Waals surface area (Å²) in [4.78, 5) is 12.7. The lowest BCUT2D eigenvalue weighted by Crippen LogP contribution is -2.35. The Morgan fingerprint density at radius 2 is 1.86 bits per heavy atom. The Labute approximate surface area is 171 Å². The zero-order chi connectivity index (χ0) is 21.3. The number of aryl methyl sites for hydroxylation is 1. The van der Waals surface area contributed by atoms with Crippen molar-refractivity contribution in [1.29, 1.82) is 0 Å². The van der Waals surface area contributed by atoms with Crippen LogP contribution in [0, 0.1) is 12.3 Å². The molecule has 2 atom stereocenters. The van der Waals surface area contributed by atoms with Gasteiger partial charge in [0.25, 0.3) is 0 Å². The first-order chi connectivity index (χ1) is 13.9. The van der Waals surface area contributed by atoms with Gasteiger partial charge in [-0.1, -0.05) is 61.7 Å². The molecule has 0 aromatic heterocycles. The first kappa shape index (κ1) is 22.2. The molecule has 2 rings (SSSR count). The third-order valence-electron chi connectivity index (χ3n) is 4.50. The highest BCUT2D eigenvalue weighted by atomic mass is 16.3. The van der Waals surface area contributed by atoms with Crippen LogP contribution in [0.1, 0.15) is 36.2 Å². The predicted molar refractivity (Wildman–Crippen MR) is 114 cm³/mol. The first-order valence-corrected chi connectivity index (χ1v) is 9.52. The molecule has 0 amide bonds. The van der Waals surface area contributed by atoms with Crippen LogP contribution in [0.5, 0.6) is 0 Å². The highest BCUT2D eigenvalue weighted by Gasteiger charge is 2.30. The van der Waals surface area contributed by atoms with Crippen LogP contribution in [0.25, 0.3) is 0 Å². The summed E-state index contributed by atoms with van der Waals surface area (Å²) in [5.41, 5.74) is 0.651. The van der Waals surface area contributed by atoms with Gasteiger partial charge in [-0.15, -0.1) is 6.42 Å². The molecule has 0 radical (unpaired) electrons. The Morgan fingerprint density at radius 1 is 1.21 bits per heavy atom. The molecule has 5 heteroatoms. The molecule has 0 aliphatic carbocycles. The van der Waals surface area contributed by atoms with Gasteiger partial charge in [-0.05, 0) is 37.1 Å². The molecule has 0 saturated heterocycles. The number of hydrogen-bond acceptors (Lipinski definition) is 5. The number of terminal acetylenes is 1. The minimum absolute atomic E-state index is 0.0916. The van der Waals surface area contributed by atoms with E-state index in [0.29, 0.717) is 11.3 Å². The van der Waals surface area contributed by atoms with Gasteiger partial charge < -0.3 is 10.2 Å². The largest absolute Gasteiger partial charge is 0.392 e. The number of aliphatic hydroxyl groups excluding tert-OH is 1. The van der Waals surface area contributed by atoms with Gasteiger partial charge in [0.1, 0.15) is 11.6 Å². The lowest BCUT2D eigenvalue weighted by molar-refractivity contribution is 0.0999. The Balaban J connectivity index is 2.33. The third kappa shape index (κ3) is 6.21. The number of carbonyl (C=O) groups excluding carboxylic acids is 1. The first-order valence-electron chi connectivity index (χ1n) is 9.52. The fourth-order valence-electron chi connectivity index (χ4n) is 2.71. The molecular weight excluding hydrogens is 364 g/mol. The van der Waals surface area contributed by atoms with Crippen LogP contribution in [0.15, 0.2) is 76.5 Å². The number of Topliss-reactive ketones (excluding diaryl/α,β-unsaturated/α-hetero) is 1. The van der Waals surface area contributed by atoms with E-state index in [1.54, 1.807) is 30.3 Å². The zero-order valence-electron chi connectivity index (χ0n) is 16.7. The van der Waals surface area contributed by atoms with Crippen molar-refractivity contribution >= 4 is 11.5 Å². The summed E-state index contributed by atoms with van der Waals surface area (Å²) in [5.74, 6) is 1.92. The lowest BCUT2D eigenvalue weighted by Gasteiger charge is -2.22. The number of hydrogen-bond donors (Lipinski definition) is 2. The Morgan fingerprint density at radius 3 is 2.41 bits per heavy atom. The van der Waals surface area contributed by atoms with E-state index in [2.05, 4.69) is 23.1 Å². The standard InChI is InChI=1S/C24H26N2O3/c1-4-9-18-12-14-21(15-13-18)25-26-22(24(3,29)5-2)16-20(17-27)23(28)19-10-7-6-8-11-19/h2,6-8,10-16,22,27,29H,4,9,17H2,1,3H3/b20-16+,26-25?. The van der Waals surface area contributed by atoms with Crippen molar-refractivity contribution in [3.05, 3.63) is 77.4 Å². The topological polar surface area (TPSA) is 82.2 Å². The summed E-state index contributed by atoms with van der Waals surface area (Å²) in [6.07, 6.45) is 8.87. The normalized spacial score (nSPS) is 14.9. The van der Waals surface area contributed by atoms with Crippen LogP contribution >= 0.6 is 0 Å². The summed E-state index contributed by atoms with van der Waals surface area (Å²) in [6, 6.07) is 15.2. The summed E-state index contributed by atoms with van der Waals surface area (Å²) in [6.45, 7) is 3.02. The van der Waals surface area contributed by atoms with Gasteiger partial charge >= 0.3 is 0 Å². The van der Waals surface area contributed by atoms with E-state index in [9.17, 15) is 15.0 Å². The molecule has 0 saturated carbocycles. The maximum absolute atomic E-state index is 12.7. The number of aliphatic hydroxyl groups is 2. The van der Waals surface area contributed by atoms with Crippen molar-refractivity contribution < 1.29 is 15.0 Å². The van der Waals surface area contributed by atoms with Crippen LogP contribution in [-0.2, 0) is 6.42 Å². The number of benzene rings is 2. The predicted octanol–water partition coefficient (Wildman–Crippen LogP) is 4.28. The van der Waals surface area contributed by atoms with Gasteiger partial charge in [0.05, 0.1) is 12.3 Å². The van der Waals surface area contributed by atoms with Gasteiger partial charge in [0.2, 0.25) is 0 Å². The SMILES string of the molecule is C#CC(C)(O)C(/C=C(\CO)C(=O)c1ccccc1)N=Nc1ccc(CCC)cc1. The van der Waals surface area contributed by atoms with Crippen molar-refractivity contribution in [3.63, 3.8) is 0 Å². The maximum Gasteiger partial charge on any atom is 0.191 e. The zero-order valence-corrected chi connectivity index (χ0v) is 16.7. The van der Waals surface area contributed by atoms with Crippen molar-refractivity contribution in [2.75, 3.05) is 6.61 Å². The maximum atomic E-state index is 12.7. The second-order valence-electron chi connectivity index (χ2n) is 6.91. The fraction of sp³-hybridized carbons (Fsp3) is 0.292. The van der Waals surface area contributed by atoms with Gasteiger partial charge in [-0.2, -0.15) is 10.2 Å². The molecule has 0 aliphatic heterocycles. The molecule has 2 N–H and O–H groups in total. The number of ketones is 1. The van der Waals surface area contributed by atoms with E-state index >= 15 is 0 Å². The molecule has 0 fully saturated rings. The van der Waals surface area contributed by atoms with Gasteiger partial charge in [0, 0.05) is 11.1 Å². The molecule has 0 aliphatic rings. The Hall–Kier alpha value is -3.07. The van der Waals surface area contributed by atoms with Crippen molar-refractivity contribution in [2.45, 2.75) is 38.3 Å². The molecule has 0 heterocycles. The van der Waals surface area contributed by atoms with Crippen molar-refractivity contribution in [2.24, 2.45) is 10.2 Å². The number of rotatable bonds is 9. The summed E-state index contributed by atoms with van der Waals surface area (Å²) < 4.78 is 0. The average Bonchev–Trinajstić information content (AvgIpc) is 2.75. The number of nitrogens with zero attached hydrogens (tertiary/aromatic N) is 2. The molecule has 0 spiro atoms. The van der Waals surface area contributed by atoms with Crippen LogP contribution in [0.2, 0.25) is 0 Å². The summed E-state index contributed by atoms with van der Waals surface area (Å²) in [7, 11) is 0. The third-order valence-corrected chi connectivity index (χ3v) is 4.50. The Kier molecular flexibility index (Phi) is 8.02. The van der Waals surface area contributed by atoms with Crippen LogP contribution in [0.3, 0.4) is 0 Å². The molecule has 150 valence electrons. The second-order valence-corrected chi connectivity index (χ2v) is 6.91. The van der Waals surface area contributed by atoms with Crippen LogP contribution in [-0.4, -0.2) is 34.2 Å². The molecular formula is C24H26N2O3. The van der Waals surface area contributed by atoms with Gasteiger partial charge in [-0.3, -0.25) is 4.79 Å². The number of carbonyl (C=O) groups is 1. The van der Waals surface area contributed by atoms with E-state index in [4.69, 9.17) is 6.42 Å². The fourth-order valence-corrected chi connectivity index (χ4v) is 2.71. The highest BCUT2D eigenvalue weighted by molar-refractivity contribution is 6.08. The van der Waals surface area contributed by atoms with Crippen LogP contribution < -0.4 is 0 Å². The second kappa shape index (κ2) is 10.5. The molecule has 2 aromatic rings. The molecule has 5 nitrogen and oxygen atoms in total. The van der Waals surface area contributed by atoms with Gasteiger partial charge in [-0.25, -0.2) is 0 Å². The van der Waals surface area contributed by atoms with E-state index in [1.165, 1.54) is 18.6 Å². The van der Waals surface area contributed by atoms with Crippen molar-refractivity contribution in [1.82, 2.24) is 0 Å². The molecule has 2 aromatic carbocycles. The van der Waals surface area contributed by atoms with Gasteiger partial charge in [0.15, 0.2) is 5.78 Å². The Bertz CT molecular complexity index is 907. The molecule has 2 unspecified atom stereocenters. The summed E-state index contributed by atoms with van der Waals surface area (Å²) in [5, 5.41) is 28.6. The van der Waals surface area contributed by atoms with E-state index in [0.717, 1.165) is 12.8 Å².